The molecular weight excluding hydrogens is 1840 g/mol. The second-order valence-corrected chi connectivity index (χ2v) is 34.2. The Morgan fingerprint density at radius 1 is 0.435 bits per heavy atom. The van der Waals surface area contributed by atoms with E-state index >= 15 is 8.78 Å². The molecule has 5 aromatic carbocycles. The number of aromatic nitrogens is 3. The maximum atomic E-state index is 15.1. The molecule has 10 aliphatic rings. The van der Waals surface area contributed by atoms with Gasteiger partial charge in [-0.3, -0.25) is 48.5 Å². The summed E-state index contributed by atoms with van der Waals surface area (Å²) >= 11 is 0. The smallest absolute Gasteiger partial charge is 0.264 e. The Morgan fingerprint density at radius 3 is 1.26 bits per heavy atom. The molecule has 5 saturated heterocycles. The first-order valence-corrected chi connectivity index (χ1v) is 43.1. The number of carbonyl (C=O) groups is 5. The third-order valence-electron chi connectivity index (χ3n) is 26.0. The van der Waals surface area contributed by atoms with Crippen molar-refractivity contribution in [3.63, 3.8) is 0 Å². The Bertz CT molecular complexity index is 6260. The standard InChI is InChI=1S/C22H21F2N5O3.C21H21F3N4O3.C18H18F2N4O3.C16H19F2N3O3.C15H15F4N3O2/c1-4-13-8-15-20(30)29(3)21(25)28-22(15,11-31-13)14-9-18(17(24)10-16(14)23)32-19-7-12(26-2)5-6-27-19;1-3-11-7-13-19(29)28(2)20(25)27-21(13,10-30-11)12-8-17(16(24)9-15(12)23)31-18-14(22)5-4-6-26-18;1-9-5-15(27-23-9)14-7-12-16(25)24(2)17(21)22-18(12,8-26-14)11-6-10(19)3-4-13(11)20;1-21-14(22)12-6-10(7-23-2)24-8-16(12,20-15(21)19)11-4-3-9(17)5-13(11)18;1-22-13(23)9-5-11(12(18)19)24-6-15(9,21-14(22)20)8-3-2-7(16)4-10(8)17/h5-7,9-10,13,15H,4,8,11H2,1,3H3,(H2,25,28);4-6,8-9,11,13H,3,7,10H2,1-2H3,(H2,25,27);3-6,12,14H,7-8H2,1-2H3,(H2,21,22);3-5,10,12H,6-8H2,1-2H3,(H2,19,20);2-4,9,11-12H,5-6H2,1H3,(H2,20,21)/t13-,15-,22+;11-,13-,21+;12-,14+,18+;10-,12+,16-;9-,11+,15+/m00010/s1. The molecule has 8 aromatic rings. The Balaban J connectivity index is 0.000000138. The van der Waals surface area contributed by atoms with E-state index in [9.17, 15) is 72.3 Å². The average Bonchev–Trinajstić information content (AvgIpc) is 1.12. The van der Waals surface area contributed by atoms with Crippen LogP contribution in [0.25, 0.3) is 4.85 Å². The molecule has 138 heavy (non-hydrogen) atoms. The van der Waals surface area contributed by atoms with Crippen LogP contribution in [0.2, 0.25) is 0 Å². The number of carbonyl (C=O) groups excluding carboxylic acids is 5. The summed E-state index contributed by atoms with van der Waals surface area (Å²) in [5.74, 6) is -16.3. The quantitative estimate of drug-likeness (QED) is 0.0470. The Kier molecular flexibility index (Phi) is 29.1. The van der Waals surface area contributed by atoms with Gasteiger partial charge in [-0.25, -0.2) is 96.9 Å². The van der Waals surface area contributed by atoms with Gasteiger partial charge in [0.15, 0.2) is 70.2 Å². The van der Waals surface area contributed by atoms with Crippen LogP contribution in [0.1, 0.15) is 104 Å². The molecule has 0 bridgehead atoms. The summed E-state index contributed by atoms with van der Waals surface area (Å²) in [6.45, 7) is 12.2. The number of aliphatic imine (C=N–C) groups is 5. The van der Waals surface area contributed by atoms with Crippen molar-refractivity contribution in [2.75, 3.05) is 82.0 Å². The number of fused-ring (bicyclic) bond motifs is 5. The topological polar surface area (TPSA) is 423 Å². The fourth-order valence-corrected chi connectivity index (χ4v) is 18.4. The number of nitrogens with zero attached hydrogens (tertiary/aromatic N) is 14. The van der Waals surface area contributed by atoms with Crippen LogP contribution in [0, 0.1) is 107 Å². The summed E-state index contributed by atoms with van der Waals surface area (Å²) in [6.07, 6.45) is -0.812. The summed E-state index contributed by atoms with van der Waals surface area (Å²) in [5, 5.41) is 3.84. The zero-order valence-electron chi connectivity index (χ0n) is 75.4. The van der Waals surface area contributed by atoms with Crippen molar-refractivity contribution in [1.82, 2.24) is 39.6 Å². The van der Waals surface area contributed by atoms with Crippen molar-refractivity contribution in [3.8, 4) is 23.3 Å². The minimum absolute atomic E-state index is 0.0197. The fraction of sp³-hybridized carbons (Fsp3) is 0.413. The molecule has 3 aromatic heterocycles. The van der Waals surface area contributed by atoms with Crippen molar-refractivity contribution in [3.05, 3.63) is 236 Å². The number of methoxy groups -OCH3 is 1. The second-order valence-electron chi connectivity index (χ2n) is 34.2. The number of aryl methyl sites for hydroxylation is 1. The van der Waals surface area contributed by atoms with E-state index in [1.54, 1.807) is 13.0 Å². The van der Waals surface area contributed by atoms with Gasteiger partial charge in [0, 0.05) is 119 Å². The summed E-state index contributed by atoms with van der Waals surface area (Å²) in [7, 11) is 8.91. The van der Waals surface area contributed by atoms with Gasteiger partial charge >= 0.3 is 0 Å². The van der Waals surface area contributed by atoms with E-state index in [2.05, 4.69) is 44.9 Å². The van der Waals surface area contributed by atoms with Crippen LogP contribution >= 0.6 is 0 Å². The molecule has 0 radical (unpaired) electrons. The minimum atomic E-state index is -2.79. The van der Waals surface area contributed by atoms with Crippen LogP contribution in [0.5, 0.6) is 23.3 Å². The van der Waals surface area contributed by atoms with Crippen molar-refractivity contribution in [2.24, 2.45) is 83.2 Å². The van der Waals surface area contributed by atoms with Gasteiger partial charge in [0.1, 0.15) is 86.4 Å². The van der Waals surface area contributed by atoms with Gasteiger partial charge in [0.05, 0.1) is 99.8 Å². The molecular formula is C92H94F13N19O14. The van der Waals surface area contributed by atoms with Gasteiger partial charge in [-0.05, 0) is 113 Å². The Morgan fingerprint density at radius 2 is 0.833 bits per heavy atom. The average molecular weight is 1940 g/mol. The van der Waals surface area contributed by atoms with E-state index in [0.717, 1.165) is 65.6 Å². The SMILES string of the molecule is CC[C@H]1C[C@H]2C(=O)N(C)C(N)=N[C@@]2(c2cc(Oc3ncccc3F)c(F)cc2F)CO1.CN1C(=O)[C@@H]2C[C@H](C(F)F)OC[C@]2(c2ccc(F)cc2F)N=C1N.COC[C@H]1C[C@H]2C(=O)N(C)C(N)=N[C@@]2(c2ccc(F)cc2F)CO1.Cc1cc([C@H]2C[C@H]3C(=O)N(C)C(N)=N[C@@]3(c3cc(F)ccc3F)CO2)on1.[C-]#[N+]c1ccnc(Oc2cc([C@]34CO[C@@H](CC)C[C@H]3C(=O)N(C)C(N)=N4)c(F)cc2F)c1. The Hall–Kier alpha value is -13.8. The summed E-state index contributed by atoms with van der Waals surface area (Å²) in [4.78, 5) is 103. The van der Waals surface area contributed by atoms with E-state index in [1.165, 1.54) is 98.6 Å². The summed E-state index contributed by atoms with van der Waals surface area (Å²) < 4.78 is 233. The predicted molar refractivity (Wildman–Crippen MR) is 465 cm³/mol. The number of alkyl halides is 2. The highest BCUT2D eigenvalue weighted by atomic mass is 19.3. The number of hydrogen-bond donors (Lipinski definition) is 5. The monoisotopic (exact) mass is 1940 g/mol. The third kappa shape index (κ3) is 19.0. The van der Waals surface area contributed by atoms with Gasteiger partial charge < -0.3 is 71.1 Å². The zero-order chi connectivity index (χ0) is 99.9. The first-order chi connectivity index (χ1) is 65.5. The second kappa shape index (κ2) is 40.1. The molecule has 10 aliphatic heterocycles. The first kappa shape index (κ1) is 100. The predicted octanol–water partition coefficient (Wildman–Crippen LogP) is 11.2. The lowest BCUT2D eigenvalue weighted by molar-refractivity contribution is -0.156. The van der Waals surface area contributed by atoms with Gasteiger partial charge in [0.25, 0.3) is 12.3 Å². The molecule has 18 rings (SSSR count). The lowest BCUT2D eigenvalue weighted by Gasteiger charge is -2.47. The molecule has 5 amide bonds. The number of guanidine groups is 5. The Labute approximate surface area is 780 Å². The van der Waals surface area contributed by atoms with Crippen molar-refractivity contribution in [2.45, 2.75) is 130 Å². The summed E-state index contributed by atoms with van der Waals surface area (Å²) in [6, 6.07) is 19.6. The van der Waals surface area contributed by atoms with Gasteiger partial charge in [0.2, 0.25) is 35.4 Å². The molecule has 0 aliphatic carbocycles. The van der Waals surface area contributed by atoms with Crippen LogP contribution in [0.3, 0.4) is 0 Å². The number of pyridine rings is 2. The van der Waals surface area contributed by atoms with Crippen LogP contribution in [-0.4, -0.2) is 212 Å². The van der Waals surface area contributed by atoms with Crippen LogP contribution in [0.15, 0.2) is 151 Å². The number of hydrogen-bond acceptors (Lipinski definition) is 27. The highest BCUT2D eigenvalue weighted by molar-refractivity contribution is 6.03. The number of benzene rings is 5. The molecule has 732 valence electrons. The molecule has 46 heteroatoms. The van der Waals surface area contributed by atoms with Gasteiger partial charge in [-0.15, -0.1) is 0 Å². The molecule has 10 N–H and O–H groups in total. The van der Waals surface area contributed by atoms with E-state index < -0.39 is 164 Å². The third-order valence-corrected chi connectivity index (χ3v) is 26.0. The molecule has 33 nitrogen and oxygen atoms in total. The normalized spacial score (nSPS) is 27.6. The maximum Gasteiger partial charge on any atom is 0.264 e. The van der Waals surface area contributed by atoms with Crippen molar-refractivity contribution in [1.29, 1.82) is 0 Å². The minimum Gasteiger partial charge on any atom is -0.437 e. The molecule has 5 fully saturated rings. The number of ether oxygens (including phenoxy) is 8. The maximum absolute atomic E-state index is 15.1. The largest absolute Gasteiger partial charge is 0.437 e. The summed E-state index contributed by atoms with van der Waals surface area (Å²) in [5.41, 5.74) is 22.8. The molecule has 0 saturated carbocycles. The first-order valence-electron chi connectivity index (χ1n) is 43.1. The van der Waals surface area contributed by atoms with Gasteiger partial charge in [-0.2, -0.15) is 0 Å². The highest BCUT2D eigenvalue weighted by Crippen LogP contribution is 2.54. The van der Waals surface area contributed by atoms with Gasteiger partial charge in [-0.1, -0.05) is 31.1 Å². The van der Waals surface area contributed by atoms with E-state index in [4.69, 9.17) is 77.7 Å². The molecule has 0 spiro atoms. The lowest BCUT2D eigenvalue weighted by Crippen LogP contribution is -2.60. The van der Waals surface area contributed by atoms with Crippen molar-refractivity contribution >= 4 is 65.0 Å². The highest BCUT2D eigenvalue weighted by Gasteiger charge is 2.61. The van der Waals surface area contributed by atoms with E-state index in [1.807, 2.05) is 13.8 Å². The van der Waals surface area contributed by atoms with Crippen LogP contribution < -0.4 is 38.1 Å². The zero-order valence-corrected chi connectivity index (χ0v) is 75.4. The van der Waals surface area contributed by atoms with E-state index in [0.29, 0.717) is 68.4 Å². The molecule has 13 heterocycles. The van der Waals surface area contributed by atoms with Crippen LogP contribution in [-0.2, 0) is 80.1 Å². The number of rotatable bonds is 15. The number of halogens is 13. The fourth-order valence-electron chi connectivity index (χ4n) is 18.4. The van der Waals surface area contributed by atoms with E-state index in [-0.39, 0.29) is 156 Å². The van der Waals surface area contributed by atoms with Crippen LogP contribution in [0.4, 0.5) is 62.8 Å². The molecule has 15 atom stereocenters. The number of amides is 5. The lowest BCUT2D eigenvalue weighted by atomic mass is 9.72. The molecule has 0 unspecified atom stereocenters. The number of nitrogens with two attached hydrogens (primary N) is 5. The van der Waals surface area contributed by atoms with Crippen molar-refractivity contribution < 1.29 is 123 Å².